The predicted molar refractivity (Wildman–Crippen MR) is 166 cm³/mol. The Labute approximate surface area is 273 Å². The van der Waals surface area contributed by atoms with E-state index in [0.29, 0.717) is 17.7 Å². The smallest absolute Gasteiger partial charge is 0.408 e. The van der Waals surface area contributed by atoms with Crippen molar-refractivity contribution in [2.75, 3.05) is 19.3 Å². The highest BCUT2D eigenvalue weighted by Crippen LogP contribution is 2.66. The molecule has 11 nitrogen and oxygen atoms in total. The van der Waals surface area contributed by atoms with E-state index < -0.39 is 72.5 Å². The van der Waals surface area contributed by atoms with E-state index in [-0.39, 0.29) is 36.4 Å². The summed E-state index contributed by atoms with van der Waals surface area (Å²) in [5.74, 6) is -5.06. The average Bonchev–Trinajstić information content (AvgIpc) is 3.55. The third-order valence-corrected chi connectivity index (χ3v) is 8.93. The molecule has 1 amide bonds. The van der Waals surface area contributed by atoms with Crippen LogP contribution in [-0.4, -0.2) is 60.4 Å². The Hall–Kier alpha value is -3.35. The van der Waals surface area contributed by atoms with E-state index in [0.717, 1.165) is 4.90 Å². The SMILES string of the molecule is Cc1cc(SC[C@@H]2C[C@@H]3C([C@H]3C(=O)OCOC(=O)CC(C)C)[C@]2(NC(=O)OC(C)(C)C)C(=O)OCOC(=O)CC(C)C)ccc1F. The Morgan fingerprint density at radius 3 is 2.09 bits per heavy atom. The number of nitrogens with one attached hydrogen (secondary N) is 1. The van der Waals surface area contributed by atoms with Gasteiger partial charge in [-0.2, -0.15) is 0 Å². The average molecular weight is 668 g/mol. The Kier molecular flexibility index (Phi) is 12.5. The van der Waals surface area contributed by atoms with E-state index in [9.17, 15) is 28.4 Å². The quantitative estimate of drug-likeness (QED) is 0.115. The molecule has 0 radical (unpaired) electrons. The molecule has 1 N–H and O–H groups in total. The molecule has 2 saturated carbocycles. The number of halogens is 1. The van der Waals surface area contributed by atoms with Crippen LogP contribution in [0.5, 0.6) is 0 Å². The van der Waals surface area contributed by atoms with Gasteiger partial charge >= 0.3 is 30.0 Å². The summed E-state index contributed by atoms with van der Waals surface area (Å²) in [6.45, 7) is 12.8. The standard InChI is InChI=1S/C33H46FNO10S/c1-18(2)11-25(36)41-16-43-29(38)27-23-14-21(15-46-22-9-10-24(34)20(5)13-22)33(28(23)27,35-31(40)45-32(6,7)8)30(39)44-17-42-26(37)12-19(3)4/h9-10,13,18-19,21,23,27-28H,11-12,14-17H2,1-8H3,(H,35,40)/t21-,23-,27-,28?,33-/m0/s1. The van der Waals surface area contributed by atoms with Crippen molar-refractivity contribution in [1.82, 2.24) is 5.32 Å². The number of esters is 4. The topological polar surface area (TPSA) is 144 Å². The summed E-state index contributed by atoms with van der Waals surface area (Å²) < 4.78 is 40.3. The summed E-state index contributed by atoms with van der Waals surface area (Å²) in [6.07, 6.45) is -0.273. The molecule has 46 heavy (non-hydrogen) atoms. The van der Waals surface area contributed by atoms with Crippen molar-refractivity contribution in [2.45, 2.75) is 90.7 Å². The second kappa shape index (κ2) is 15.5. The number of carbonyl (C=O) groups excluding carboxylic acids is 5. The van der Waals surface area contributed by atoms with Gasteiger partial charge in [-0.3, -0.25) is 14.4 Å². The minimum Gasteiger partial charge on any atom is -0.444 e. The molecule has 0 heterocycles. The summed E-state index contributed by atoms with van der Waals surface area (Å²) in [5, 5.41) is 2.76. The van der Waals surface area contributed by atoms with Crippen LogP contribution in [0.1, 0.15) is 73.3 Å². The highest BCUT2D eigenvalue weighted by Gasteiger charge is 2.76. The zero-order valence-electron chi connectivity index (χ0n) is 27.8. The third-order valence-electron chi connectivity index (χ3n) is 7.77. The molecule has 5 atom stereocenters. The zero-order chi connectivity index (χ0) is 34.4. The molecule has 2 aliphatic carbocycles. The van der Waals surface area contributed by atoms with E-state index >= 15 is 0 Å². The van der Waals surface area contributed by atoms with Gasteiger partial charge < -0.3 is 29.0 Å². The molecule has 256 valence electrons. The first kappa shape index (κ1) is 37.1. The molecule has 1 aromatic carbocycles. The summed E-state index contributed by atoms with van der Waals surface area (Å²) in [7, 11) is 0. The fourth-order valence-electron chi connectivity index (χ4n) is 5.81. The van der Waals surface area contributed by atoms with Crippen LogP contribution >= 0.6 is 11.8 Å². The van der Waals surface area contributed by atoms with Gasteiger partial charge in [0.05, 0.1) is 5.92 Å². The molecule has 2 fully saturated rings. The minimum absolute atomic E-state index is 0.0263. The highest BCUT2D eigenvalue weighted by atomic mass is 32.2. The summed E-state index contributed by atoms with van der Waals surface area (Å²) in [5.41, 5.74) is -2.20. The van der Waals surface area contributed by atoms with Crippen LogP contribution in [-0.2, 0) is 42.9 Å². The second-order valence-electron chi connectivity index (χ2n) is 13.7. The van der Waals surface area contributed by atoms with E-state index in [1.807, 2.05) is 27.7 Å². The maximum absolute atomic E-state index is 14.0. The number of fused-ring (bicyclic) bond motifs is 1. The van der Waals surface area contributed by atoms with Crippen molar-refractivity contribution in [3.8, 4) is 0 Å². The molecule has 0 aliphatic heterocycles. The molecule has 3 rings (SSSR count). The minimum atomic E-state index is -1.75. The van der Waals surface area contributed by atoms with Gasteiger partial charge in [0.15, 0.2) is 0 Å². The van der Waals surface area contributed by atoms with Gasteiger partial charge in [-0.15, -0.1) is 11.8 Å². The summed E-state index contributed by atoms with van der Waals surface area (Å²) >= 11 is 1.36. The largest absolute Gasteiger partial charge is 0.444 e. The number of carbonyl (C=O) groups is 5. The van der Waals surface area contributed by atoms with Crippen molar-refractivity contribution < 1.29 is 52.0 Å². The number of hydrogen-bond acceptors (Lipinski definition) is 11. The van der Waals surface area contributed by atoms with Gasteiger partial charge in [0.2, 0.25) is 13.6 Å². The molecule has 1 unspecified atom stereocenters. The van der Waals surface area contributed by atoms with Gasteiger partial charge in [-0.1, -0.05) is 27.7 Å². The Bertz CT molecular complexity index is 1300. The fraction of sp³-hybridized carbons (Fsp3) is 0.667. The monoisotopic (exact) mass is 667 g/mol. The number of rotatable bonds is 14. The van der Waals surface area contributed by atoms with Gasteiger partial charge in [0, 0.05) is 35.3 Å². The van der Waals surface area contributed by atoms with Crippen LogP contribution in [0.15, 0.2) is 23.1 Å². The Balaban J connectivity index is 1.88. The van der Waals surface area contributed by atoms with Crippen molar-refractivity contribution >= 4 is 41.7 Å². The normalized spacial score (nSPS) is 23.4. The van der Waals surface area contributed by atoms with Crippen molar-refractivity contribution in [1.29, 1.82) is 0 Å². The summed E-state index contributed by atoms with van der Waals surface area (Å²) in [6, 6.07) is 4.67. The highest BCUT2D eigenvalue weighted by molar-refractivity contribution is 7.99. The molecule has 1 aromatic rings. The Morgan fingerprint density at radius 2 is 1.54 bits per heavy atom. The van der Waals surface area contributed by atoms with Crippen LogP contribution in [0.2, 0.25) is 0 Å². The van der Waals surface area contributed by atoms with E-state index in [1.165, 1.54) is 17.8 Å². The first-order valence-corrected chi connectivity index (χ1v) is 16.5. The molecule has 0 spiro atoms. The third kappa shape index (κ3) is 9.83. The number of hydrogen-bond donors (Lipinski definition) is 1. The second-order valence-corrected chi connectivity index (χ2v) is 14.8. The Morgan fingerprint density at radius 1 is 0.957 bits per heavy atom. The van der Waals surface area contributed by atoms with Crippen LogP contribution in [0.3, 0.4) is 0 Å². The summed E-state index contributed by atoms with van der Waals surface area (Å²) in [4.78, 5) is 65.3. The number of aryl methyl sites for hydroxylation is 1. The van der Waals surface area contributed by atoms with Crippen LogP contribution in [0.4, 0.5) is 9.18 Å². The van der Waals surface area contributed by atoms with Crippen LogP contribution < -0.4 is 5.32 Å². The zero-order valence-corrected chi connectivity index (χ0v) is 28.6. The van der Waals surface area contributed by atoms with Crippen molar-refractivity contribution in [3.63, 3.8) is 0 Å². The van der Waals surface area contributed by atoms with E-state index in [4.69, 9.17) is 23.7 Å². The molecule has 0 saturated heterocycles. The molecular formula is C33H46FNO10S. The first-order valence-electron chi connectivity index (χ1n) is 15.5. The predicted octanol–water partition coefficient (Wildman–Crippen LogP) is 5.55. The number of benzene rings is 1. The lowest BCUT2D eigenvalue weighted by atomic mass is 9.81. The van der Waals surface area contributed by atoms with E-state index in [2.05, 4.69) is 5.32 Å². The molecule has 13 heteroatoms. The lowest BCUT2D eigenvalue weighted by Crippen LogP contribution is -2.62. The lowest BCUT2D eigenvalue weighted by molar-refractivity contribution is -0.174. The van der Waals surface area contributed by atoms with Crippen molar-refractivity contribution in [3.05, 3.63) is 29.6 Å². The number of amides is 1. The fourth-order valence-corrected chi connectivity index (χ4v) is 7.03. The van der Waals surface area contributed by atoms with E-state index in [1.54, 1.807) is 39.8 Å². The molecule has 0 bridgehead atoms. The lowest BCUT2D eigenvalue weighted by Gasteiger charge is -2.37. The molecule has 0 aromatic heterocycles. The molecular weight excluding hydrogens is 621 g/mol. The van der Waals surface area contributed by atoms with Crippen molar-refractivity contribution in [2.24, 2.45) is 35.5 Å². The van der Waals surface area contributed by atoms with Gasteiger partial charge in [0.1, 0.15) is 17.0 Å². The van der Waals surface area contributed by atoms with Crippen LogP contribution in [0, 0.1) is 48.2 Å². The first-order chi connectivity index (χ1) is 21.4. The van der Waals surface area contributed by atoms with Gasteiger partial charge in [0.25, 0.3) is 0 Å². The number of ether oxygens (including phenoxy) is 5. The van der Waals surface area contributed by atoms with Gasteiger partial charge in [-0.05, 0) is 75.6 Å². The number of thioether (sulfide) groups is 1. The molecule has 2 aliphatic rings. The number of alkyl carbamates (subject to hydrolysis) is 1. The maximum atomic E-state index is 14.0. The van der Waals surface area contributed by atoms with Gasteiger partial charge in [-0.25, -0.2) is 14.0 Å². The maximum Gasteiger partial charge on any atom is 0.408 e. The van der Waals surface area contributed by atoms with Crippen LogP contribution in [0.25, 0.3) is 0 Å².